The van der Waals surface area contributed by atoms with Crippen LogP contribution in [0.4, 0.5) is 8.78 Å². The molecule has 0 spiro atoms. The van der Waals surface area contributed by atoms with E-state index < -0.39 is 29.0 Å². The van der Waals surface area contributed by atoms with Crippen molar-refractivity contribution in [3.05, 3.63) is 71.3 Å². The Morgan fingerprint density at radius 3 is 2.27 bits per heavy atom. The Balaban J connectivity index is 2.36. The smallest absolute Gasteiger partial charge is 0.255 e. The summed E-state index contributed by atoms with van der Waals surface area (Å²) in [5, 5.41) is 2.41. The van der Waals surface area contributed by atoms with Gasteiger partial charge in [-0.15, -0.1) is 0 Å². The monoisotopic (exact) mass is 304 g/mol. The van der Waals surface area contributed by atoms with Gasteiger partial charge in [-0.3, -0.25) is 9.59 Å². The standard InChI is InChI=1S/C16H14F2N2O2/c1-16(15(19)22,10-5-3-2-4-6-10)20-14(21)12-8-7-11(17)9-13(12)18/h2-9H,1H3,(H2,19,22)(H,20,21)/t16-/m1/s1. The van der Waals surface area contributed by atoms with E-state index in [1.54, 1.807) is 30.3 Å². The Kier molecular flexibility index (Phi) is 4.21. The number of hydrogen-bond acceptors (Lipinski definition) is 2. The van der Waals surface area contributed by atoms with Crippen molar-refractivity contribution in [3.63, 3.8) is 0 Å². The molecule has 22 heavy (non-hydrogen) atoms. The number of carbonyl (C=O) groups is 2. The molecule has 0 aliphatic rings. The van der Waals surface area contributed by atoms with E-state index in [-0.39, 0.29) is 5.56 Å². The molecular formula is C16H14F2N2O2. The van der Waals surface area contributed by atoms with E-state index in [1.165, 1.54) is 6.92 Å². The summed E-state index contributed by atoms with van der Waals surface area (Å²) in [4.78, 5) is 24.0. The Bertz CT molecular complexity index is 719. The SMILES string of the molecule is C[C@](NC(=O)c1ccc(F)cc1F)(C(N)=O)c1ccccc1. The van der Waals surface area contributed by atoms with Gasteiger partial charge in [0, 0.05) is 6.07 Å². The van der Waals surface area contributed by atoms with Crippen LogP contribution >= 0.6 is 0 Å². The van der Waals surface area contributed by atoms with Gasteiger partial charge in [0.1, 0.15) is 17.2 Å². The molecule has 0 saturated carbocycles. The number of carbonyl (C=O) groups excluding carboxylic acids is 2. The molecule has 114 valence electrons. The van der Waals surface area contributed by atoms with Crippen LogP contribution in [0.5, 0.6) is 0 Å². The highest BCUT2D eigenvalue weighted by molar-refractivity contribution is 5.99. The first-order valence-electron chi connectivity index (χ1n) is 6.47. The fourth-order valence-electron chi connectivity index (χ4n) is 2.02. The first-order chi connectivity index (χ1) is 10.3. The largest absolute Gasteiger partial charge is 0.367 e. The van der Waals surface area contributed by atoms with Gasteiger partial charge in [0.05, 0.1) is 5.56 Å². The van der Waals surface area contributed by atoms with Gasteiger partial charge >= 0.3 is 0 Å². The van der Waals surface area contributed by atoms with E-state index in [2.05, 4.69) is 5.32 Å². The van der Waals surface area contributed by atoms with E-state index in [1.807, 2.05) is 0 Å². The molecule has 3 N–H and O–H groups in total. The number of hydrogen-bond donors (Lipinski definition) is 2. The minimum atomic E-state index is -1.51. The van der Waals surface area contributed by atoms with Gasteiger partial charge in [0.2, 0.25) is 5.91 Å². The maximum absolute atomic E-state index is 13.7. The maximum atomic E-state index is 13.7. The second kappa shape index (κ2) is 5.93. The van der Waals surface area contributed by atoms with Crippen molar-refractivity contribution in [3.8, 4) is 0 Å². The highest BCUT2D eigenvalue weighted by Gasteiger charge is 2.35. The summed E-state index contributed by atoms with van der Waals surface area (Å²) in [6, 6.07) is 10.9. The van der Waals surface area contributed by atoms with Crippen LogP contribution in [0.15, 0.2) is 48.5 Å². The molecule has 2 aromatic rings. The zero-order chi connectivity index (χ0) is 16.3. The van der Waals surface area contributed by atoms with Gasteiger partial charge in [-0.25, -0.2) is 8.78 Å². The molecule has 0 aromatic heterocycles. The number of amides is 2. The van der Waals surface area contributed by atoms with Crippen LogP contribution in [0, 0.1) is 11.6 Å². The summed E-state index contributed by atoms with van der Waals surface area (Å²) in [5.74, 6) is -3.47. The minimum absolute atomic E-state index is 0.371. The Hall–Kier alpha value is -2.76. The zero-order valence-corrected chi connectivity index (χ0v) is 11.8. The predicted molar refractivity (Wildman–Crippen MR) is 76.8 cm³/mol. The van der Waals surface area contributed by atoms with Gasteiger partial charge in [-0.1, -0.05) is 30.3 Å². The topological polar surface area (TPSA) is 72.2 Å². The minimum Gasteiger partial charge on any atom is -0.367 e. The number of halogens is 2. The molecule has 0 heterocycles. The van der Waals surface area contributed by atoms with Crippen LogP contribution in [0.3, 0.4) is 0 Å². The van der Waals surface area contributed by atoms with Gasteiger partial charge in [0.25, 0.3) is 5.91 Å². The van der Waals surface area contributed by atoms with E-state index in [0.29, 0.717) is 11.6 Å². The summed E-state index contributed by atoms with van der Waals surface area (Å²) in [6.07, 6.45) is 0. The lowest BCUT2D eigenvalue weighted by Crippen LogP contribution is -2.52. The van der Waals surface area contributed by atoms with Gasteiger partial charge in [0.15, 0.2) is 0 Å². The second-order valence-electron chi connectivity index (χ2n) is 4.93. The average molecular weight is 304 g/mol. The third-order valence-corrected chi connectivity index (χ3v) is 3.38. The molecule has 4 nitrogen and oxygen atoms in total. The molecule has 6 heteroatoms. The Morgan fingerprint density at radius 2 is 1.73 bits per heavy atom. The van der Waals surface area contributed by atoms with Crippen molar-refractivity contribution in [1.82, 2.24) is 5.32 Å². The third kappa shape index (κ3) is 2.95. The summed E-state index contributed by atoms with van der Waals surface area (Å²) in [7, 11) is 0. The number of nitrogens with one attached hydrogen (secondary N) is 1. The van der Waals surface area contributed by atoms with Crippen molar-refractivity contribution in [1.29, 1.82) is 0 Å². The quantitative estimate of drug-likeness (QED) is 0.908. The highest BCUT2D eigenvalue weighted by atomic mass is 19.1. The molecule has 0 bridgehead atoms. The van der Waals surface area contributed by atoms with Crippen LogP contribution < -0.4 is 11.1 Å². The molecule has 0 aliphatic carbocycles. The molecule has 0 unspecified atom stereocenters. The summed E-state index contributed by atoms with van der Waals surface area (Å²) >= 11 is 0. The van der Waals surface area contributed by atoms with Crippen LogP contribution in [0.2, 0.25) is 0 Å². The second-order valence-corrected chi connectivity index (χ2v) is 4.93. The molecule has 0 aliphatic heterocycles. The molecule has 0 radical (unpaired) electrons. The highest BCUT2D eigenvalue weighted by Crippen LogP contribution is 2.21. The van der Waals surface area contributed by atoms with Crippen molar-refractivity contribution < 1.29 is 18.4 Å². The van der Waals surface area contributed by atoms with Crippen molar-refractivity contribution in [2.75, 3.05) is 0 Å². The van der Waals surface area contributed by atoms with Gasteiger partial charge in [-0.2, -0.15) is 0 Å². The lowest BCUT2D eigenvalue weighted by Gasteiger charge is -2.28. The van der Waals surface area contributed by atoms with Crippen molar-refractivity contribution in [2.24, 2.45) is 5.73 Å². The fourth-order valence-corrected chi connectivity index (χ4v) is 2.02. The van der Waals surface area contributed by atoms with E-state index in [4.69, 9.17) is 5.73 Å². The van der Waals surface area contributed by atoms with Crippen LogP contribution in [-0.4, -0.2) is 11.8 Å². The van der Waals surface area contributed by atoms with Crippen LogP contribution in [-0.2, 0) is 10.3 Å². The molecular weight excluding hydrogens is 290 g/mol. The van der Waals surface area contributed by atoms with Gasteiger partial charge in [-0.05, 0) is 24.6 Å². The number of nitrogens with two attached hydrogens (primary N) is 1. The summed E-state index contributed by atoms with van der Waals surface area (Å²) < 4.78 is 26.6. The number of primary amides is 1. The van der Waals surface area contributed by atoms with E-state index in [0.717, 1.165) is 12.1 Å². The van der Waals surface area contributed by atoms with Crippen LogP contribution in [0.25, 0.3) is 0 Å². The third-order valence-electron chi connectivity index (χ3n) is 3.38. The van der Waals surface area contributed by atoms with Gasteiger partial charge < -0.3 is 11.1 Å². The van der Waals surface area contributed by atoms with Crippen molar-refractivity contribution >= 4 is 11.8 Å². The molecule has 0 saturated heterocycles. The maximum Gasteiger partial charge on any atom is 0.255 e. The van der Waals surface area contributed by atoms with Crippen LogP contribution in [0.1, 0.15) is 22.8 Å². The van der Waals surface area contributed by atoms with E-state index in [9.17, 15) is 18.4 Å². The summed E-state index contributed by atoms with van der Waals surface area (Å²) in [5.41, 5.74) is 3.96. The number of benzene rings is 2. The fraction of sp³-hybridized carbons (Fsp3) is 0.125. The summed E-state index contributed by atoms with van der Waals surface area (Å²) in [6.45, 7) is 1.42. The molecule has 2 amide bonds. The molecule has 2 rings (SSSR count). The first-order valence-corrected chi connectivity index (χ1v) is 6.47. The molecule has 0 fully saturated rings. The lowest BCUT2D eigenvalue weighted by atomic mass is 9.90. The Morgan fingerprint density at radius 1 is 1.09 bits per heavy atom. The molecule has 2 aromatic carbocycles. The van der Waals surface area contributed by atoms with E-state index >= 15 is 0 Å². The van der Waals surface area contributed by atoms with Crippen molar-refractivity contribution in [2.45, 2.75) is 12.5 Å². The molecule has 1 atom stereocenters. The zero-order valence-electron chi connectivity index (χ0n) is 11.8. The predicted octanol–water partition coefficient (Wildman–Crippen LogP) is 2.10. The lowest BCUT2D eigenvalue weighted by molar-refractivity contribution is -0.123. The normalized spacial score (nSPS) is 13.2. The average Bonchev–Trinajstić information content (AvgIpc) is 2.47. The first kappa shape index (κ1) is 15.6. The number of rotatable bonds is 4. The Labute approximate surface area is 125 Å².